The van der Waals surface area contributed by atoms with Crippen molar-refractivity contribution in [1.29, 1.82) is 0 Å². The molecule has 0 unspecified atom stereocenters. The average molecular weight is 197 g/mol. The first-order valence-corrected chi connectivity index (χ1v) is 4.39. The van der Waals surface area contributed by atoms with Crippen LogP contribution in [0.3, 0.4) is 0 Å². The lowest BCUT2D eigenvalue weighted by molar-refractivity contribution is -0.0121. The van der Waals surface area contributed by atoms with Crippen LogP contribution in [0.25, 0.3) is 0 Å². The molecule has 0 aromatic carbocycles. The van der Waals surface area contributed by atoms with Gasteiger partial charge in [-0.15, -0.1) is 0 Å². The van der Waals surface area contributed by atoms with Crippen molar-refractivity contribution in [2.75, 3.05) is 6.54 Å². The summed E-state index contributed by atoms with van der Waals surface area (Å²) in [4.78, 5) is 29.8. The maximum atomic E-state index is 11.4. The van der Waals surface area contributed by atoms with E-state index < -0.39 is 5.69 Å². The number of aryl methyl sites for hydroxylation is 1. The number of nitrogens with zero attached hydrogens (tertiary/aromatic N) is 1. The third kappa shape index (κ3) is 1.49. The Bertz CT molecular complexity index is 442. The van der Waals surface area contributed by atoms with Crippen LogP contribution >= 0.6 is 0 Å². The van der Waals surface area contributed by atoms with Crippen LogP contribution < -0.4 is 16.7 Å². The van der Waals surface area contributed by atoms with E-state index in [2.05, 4.69) is 10.5 Å². The number of hydroxylamine groups is 1. The molecule has 0 bridgehead atoms. The summed E-state index contributed by atoms with van der Waals surface area (Å²) in [5, 5.41) is 0. The molecule has 6 heteroatoms. The molecule has 2 N–H and O–H groups in total. The van der Waals surface area contributed by atoms with E-state index >= 15 is 0 Å². The molecule has 2 heterocycles. The monoisotopic (exact) mass is 197 g/mol. The first kappa shape index (κ1) is 9.17. The van der Waals surface area contributed by atoms with Crippen LogP contribution in [0, 0.1) is 6.92 Å². The zero-order chi connectivity index (χ0) is 10.1. The van der Waals surface area contributed by atoms with E-state index in [-0.39, 0.29) is 11.8 Å². The molecule has 1 saturated heterocycles. The molecule has 1 aromatic rings. The van der Waals surface area contributed by atoms with E-state index in [4.69, 9.17) is 4.84 Å². The summed E-state index contributed by atoms with van der Waals surface area (Å²) in [5.41, 5.74) is 2.39. The first-order valence-electron chi connectivity index (χ1n) is 4.39. The van der Waals surface area contributed by atoms with Crippen LogP contribution in [0.15, 0.2) is 15.8 Å². The fraction of sp³-hybridized carbons (Fsp3) is 0.500. The van der Waals surface area contributed by atoms with E-state index in [1.807, 2.05) is 0 Å². The third-order valence-corrected chi connectivity index (χ3v) is 2.17. The van der Waals surface area contributed by atoms with Gasteiger partial charge >= 0.3 is 5.69 Å². The van der Waals surface area contributed by atoms with Crippen LogP contribution in [0.5, 0.6) is 0 Å². The Morgan fingerprint density at radius 1 is 1.57 bits per heavy atom. The summed E-state index contributed by atoms with van der Waals surface area (Å²) < 4.78 is 1.39. The zero-order valence-electron chi connectivity index (χ0n) is 7.74. The van der Waals surface area contributed by atoms with Crippen LogP contribution in [0.4, 0.5) is 0 Å². The predicted molar refractivity (Wildman–Crippen MR) is 48.8 cm³/mol. The fourth-order valence-electron chi connectivity index (χ4n) is 1.39. The van der Waals surface area contributed by atoms with Crippen molar-refractivity contribution >= 4 is 0 Å². The van der Waals surface area contributed by atoms with Crippen LogP contribution in [0.2, 0.25) is 0 Å². The largest absolute Gasteiger partial charge is 0.330 e. The minimum absolute atomic E-state index is 0.321. The van der Waals surface area contributed by atoms with Gasteiger partial charge in [-0.25, -0.2) is 4.79 Å². The molecule has 0 saturated carbocycles. The second-order valence-electron chi connectivity index (χ2n) is 3.23. The molecule has 0 radical (unpaired) electrons. The molecule has 14 heavy (non-hydrogen) atoms. The van der Waals surface area contributed by atoms with Gasteiger partial charge in [-0.3, -0.25) is 19.2 Å². The molecule has 76 valence electrons. The van der Waals surface area contributed by atoms with E-state index in [0.29, 0.717) is 18.5 Å². The quantitative estimate of drug-likeness (QED) is 0.622. The van der Waals surface area contributed by atoms with E-state index in [0.717, 1.165) is 0 Å². The van der Waals surface area contributed by atoms with Gasteiger partial charge in [-0.05, 0) is 6.92 Å². The predicted octanol–water partition coefficient (Wildman–Crippen LogP) is -0.731. The maximum absolute atomic E-state index is 11.4. The number of nitrogens with one attached hydrogen (secondary N) is 2. The van der Waals surface area contributed by atoms with Gasteiger partial charge in [-0.1, -0.05) is 0 Å². The smallest absolute Gasteiger partial charge is 0.276 e. The highest BCUT2D eigenvalue weighted by atomic mass is 16.7. The van der Waals surface area contributed by atoms with Crippen molar-refractivity contribution in [2.45, 2.75) is 19.6 Å². The van der Waals surface area contributed by atoms with E-state index in [9.17, 15) is 9.59 Å². The van der Waals surface area contributed by atoms with Crippen molar-refractivity contribution in [3.8, 4) is 0 Å². The Hall–Kier alpha value is -1.40. The van der Waals surface area contributed by atoms with Gasteiger partial charge in [0.1, 0.15) is 0 Å². The van der Waals surface area contributed by atoms with Crippen molar-refractivity contribution < 1.29 is 4.84 Å². The topological polar surface area (TPSA) is 76.1 Å². The lowest BCUT2D eigenvalue weighted by Crippen LogP contribution is -2.33. The van der Waals surface area contributed by atoms with Crippen molar-refractivity contribution in [1.82, 2.24) is 15.0 Å². The second kappa shape index (κ2) is 3.39. The Kier molecular flexibility index (Phi) is 2.22. The van der Waals surface area contributed by atoms with Gasteiger partial charge in [0.25, 0.3) is 5.56 Å². The van der Waals surface area contributed by atoms with Crippen molar-refractivity contribution in [3.63, 3.8) is 0 Å². The molecular formula is C8H11N3O3. The summed E-state index contributed by atoms with van der Waals surface area (Å²) in [6.45, 7) is 2.35. The molecule has 0 amide bonds. The minimum Gasteiger partial charge on any atom is -0.276 e. The molecule has 0 aliphatic carbocycles. The van der Waals surface area contributed by atoms with Gasteiger partial charge in [0, 0.05) is 24.7 Å². The molecule has 6 nitrogen and oxygen atoms in total. The molecule has 1 fully saturated rings. The Balaban J connectivity index is 2.47. The highest BCUT2D eigenvalue weighted by molar-refractivity contribution is 5.01. The number of hydrogen-bond acceptors (Lipinski definition) is 4. The zero-order valence-corrected chi connectivity index (χ0v) is 7.74. The molecule has 0 spiro atoms. The third-order valence-electron chi connectivity index (χ3n) is 2.17. The summed E-state index contributed by atoms with van der Waals surface area (Å²) in [5.74, 6) is 0. The van der Waals surface area contributed by atoms with Crippen molar-refractivity contribution in [2.24, 2.45) is 0 Å². The molecule has 1 atom stereocenters. The highest BCUT2D eigenvalue weighted by Gasteiger charge is 2.18. The highest BCUT2D eigenvalue weighted by Crippen LogP contribution is 2.13. The number of H-pyrrole nitrogens is 1. The van der Waals surface area contributed by atoms with Gasteiger partial charge < -0.3 is 0 Å². The summed E-state index contributed by atoms with van der Waals surface area (Å²) in [6.07, 6.45) is 1.91. The summed E-state index contributed by atoms with van der Waals surface area (Å²) in [7, 11) is 0. The average Bonchev–Trinajstić information content (AvgIpc) is 2.64. The Labute approximate surface area is 79.5 Å². The molecule has 1 aromatic heterocycles. The van der Waals surface area contributed by atoms with Crippen LogP contribution in [-0.4, -0.2) is 16.1 Å². The SMILES string of the molecule is Cc1cn([C@H]2CCNO2)c(=O)[nH]c1=O. The first-order chi connectivity index (χ1) is 6.68. The number of aromatic nitrogens is 2. The number of hydrogen-bond donors (Lipinski definition) is 2. The molecule has 2 rings (SSSR count). The minimum atomic E-state index is -0.436. The summed E-state index contributed by atoms with van der Waals surface area (Å²) in [6, 6.07) is 0. The van der Waals surface area contributed by atoms with Crippen LogP contribution in [-0.2, 0) is 4.84 Å². The van der Waals surface area contributed by atoms with Crippen molar-refractivity contribution in [3.05, 3.63) is 32.6 Å². The maximum Gasteiger partial charge on any atom is 0.330 e. The lowest BCUT2D eigenvalue weighted by Gasteiger charge is -2.11. The number of rotatable bonds is 1. The number of aromatic amines is 1. The lowest BCUT2D eigenvalue weighted by atomic mass is 10.3. The van der Waals surface area contributed by atoms with Crippen LogP contribution in [0.1, 0.15) is 18.2 Å². The van der Waals surface area contributed by atoms with Gasteiger partial charge in [0.15, 0.2) is 6.23 Å². The second-order valence-corrected chi connectivity index (χ2v) is 3.23. The Morgan fingerprint density at radius 2 is 2.36 bits per heavy atom. The molecule has 1 aliphatic heterocycles. The molecular weight excluding hydrogens is 186 g/mol. The fourth-order valence-corrected chi connectivity index (χ4v) is 1.39. The molecule has 1 aliphatic rings. The Morgan fingerprint density at radius 3 is 3.00 bits per heavy atom. The summed E-state index contributed by atoms with van der Waals surface area (Å²) >= 11 is 0. The van der Waals surface area contributed by atoms with E-state index in [1.165, 1.54) is 10.8 Å². The van der Waals surface area contributed by atoms with Gasteiger partial charge in [0.05, 0.1) is 0 Å². The van der Waals surface area contributed by atoms with Gasteiger partial charge in [0.2, 0.25) is 0 Å². The van der Waals surface area contributed by atoms with E-state index in [1.54, 1.807) is 6.92 Å². The standard InChI is InChI=1S/C8H11N3O3/c1-5-4-11(6-2-3-9-14-6)8(13)10-7(5)12/h4,6,9H,2-3H2,1H3,(H,10,12,13)/t6-/m1/s1. The normalized spacial score (nSPS) is 21.4. The van der Waals surface area contributed by atoms with Gasteiger partial charge in [-0.2, -0.15) is 5.48 Å².